The number of rotatable bonds is 13. The first kappa shape index (κ1) is 17.3. The summed E-state index contributed by atoms with van der Waals surface area (Å²) in [5.74, 6) is 1.90. The average Bonchev–Trinajstić information content (AvgIpc) is 2.86. The summed E-state index contributed by atoms with van der Waals surface area (Å²) in [4.78, 5) is 0. The first-order chi connectivity index (χ1) is 9.83. The van der Waals surface area contributed by atoms with Crippen LogP contribution in [0.1, 0.15) is 82.7 Å². The Morgan fingerprint density at radius 2 is 1.45 bits per heavy atom. The SMILES string of the molecule is CCCCCCCCCCCCOCc1ccc(C)o1. The minimum absolute atomic E-state index is 0.616. The van der Waals surface area contributed by atoms with Crippen LogP contribution >= 0.6 is 0 Å². The Hall–Kier alpha value is -0.760. The zero-order valence-corrected chi connectivity index (χ0v) is 13.5. The van der Waals surface area contributed by atoms with Crippen molar-refractivity contribution in [3.05, 3.63) is 23.7 Å². The molecule has 1 heterocycles. The second-order valence-corrected chi connectivity index (χ2v) is 5.75. The number of unbranched alkanes of at least 4 members (excludes halogenated alkanes) is 9. The van der Waals surface area contributed by atoms with Gasteiger partial charge in [-0.25, -0.2) is 0 Å². The summed E-state index contributed by atoms with van der Waals surface area (Å²) in [5, 5.41) is 0. The highest BCUT2D eigenvalue weighted by molar-refractivity contribution is 5.04. The molecule has 0 atom stereocenters. The van der Waals surface area contributed by atoms with E-state index in [0.29, 0.717) is 6.61 Å². The van der Waals surface area contributed by atoms with Crippen molar-refractivity contribution in [2.75, 3.05) is 6.61 Å². The number of hydrogen-bond donors (Lipinski definition) is 0. The Labute approximate surface area is 124 Å². The van der Waals surface area contributed by atoms with Gasteiger partial charge in [0.15, 0.2) is 0 Å². The molecule has 0 N–H and O–H groups in total. The van der Waals surface area contributed by atoms with Crippen LogP contribution in [0.3, 0.4) is 0 Å². The Balaban J connectivity index is 1.76. The van der Waals surface area contributed by atoms with Crippen LogP contribution in [-0.4, -0.2) is 6.61 Å². The molecule has 0 aromatic carbocycles. The number of hydrogen-bond acceptors (Lipinski definition) is 2. The van der Waals surface area contributed by atoms with Crippen molar-refractivity contribution < 1.29 is 9.15 Å². The highest BCUT2D eigenvalue weighted by Crippen LogP contribution is 2.11. The Bertz CT molecular complexity index is 317. The van der Waals surface area contributed by atoms with Crippen molar-refractivity contribution in [2.45, 2.75) is 84.7 Å². The van der Waals surface area contributed by atoms with Gasteiger partial charge in [-0.2, -0.15) is 0 Å². The molecule has 1 aromatic rings. The highest BCUT2D eigenvalue weighted by Gasteiger charge is 1.98. The van der Waals surface area contributed by atoms with Gasteiger partial charge in [0.2, 0.25) is 0 Å². The van der Waals surface area contributed by atoms with Crippen molar-refractivity contribution in [2.24, 2.45) is 0 Å². The van der Waals surface area contributed by atoms with Gasteiger partial charge in [-0.1, -0.05) is 64.7 Å². The van der Waals surface area contributed by atoms with E-state index in [9.17, 15) is 0 Å². The van der Waals surface area contributed by atoms with Crippen molar-refractivity contribution in [1.29, 1.82) is 0 Å². The maximum absolute atomic E-state index is 5.61. The average molecular weight is 280 g/mol. The van der Waals surface area contributed by atoms with E-state index in [1.54, 1.807) is 0 Å². The molecule has 0 bridgehead atoms. The van der Waals surface area contributed by atoms with E-state index in [1.807, 2.05) is 19.1 Å². The number of furan rings is 1. The molecule has 0 unspecified atom stereocenters. The fourth-order valence-corrected chi connectivity index (χ4v) is 2.43. The molecule has 0 spiro atoms. The second-order valence-electron chi connectivity index (χ2n) is 5.75. The van der Waals surface area contributed by atoms with E-state index in [2.05, 4.69) is 6.92 Å². The molecule has 0 radical (unpaired) electrons. The molecule has 0 aliphatic carbocycles. The topological polar surface area (TPSA) is 22.4 Å². The van der Waals surface area contributed by atoms with Gasteiger partial charge in [-0.05, 0) is 25.5 Å². The molecule has 0 saturated heterocycles. The van der Waals surface area contributed by atoms with Crippen LogP contribution < -0.4 is 0 Å². The van der Waals surface area contributed by atoms with Crippen LogP contribution in [0, 0.1) is 6.92 Å². The van der Waals surface area contributed by atoms with Gasteiger partial charge in [0.25, 0.3) is 0 Å². The van der Waals surface area contributed by atoms with Crippen molar-refractivity contribution in [3.8, 4) is 0 Å². The van der Waals surface area contributed by atoms with Crippen LogP contribution in [0.15, 0.2) is 16.5 Å². The van der Waals surface area contributed by atoms with E-state index < -0.39 is 0 Å². The molecule has 20 heavy (non-hydrogen) atoms. The fraction of sp³-hybridized carbons (Fsp3) is 0.778. The number of ether oxygens (including phenoxy) is 1. The number of aryl methyl sites for hydroxylation is 1. The van der Waals surface area contributed by atoms with Gasteiger partial charge in [0.05, 0.1) is 0 Å². The lowest BCUT2D eigenvalue weighted by atomic mass is 10.1. The lowest BCUT2D eigenvalue weighted by Gasteiger charge is -2.03. The molecule has 0 fully saturated rings. The zero-order chi connectivity index (χ0) is 14.5. The van der Waals surface area contributed by atoms with E-state index in [1.165, 1.54) is 64.2 Å². The van der Waals surface area contributed by atoms with Crippen LogP contribution in [0.25, 0.3) is 0 Å². The Kier molecular flexibility index (Phi) is 10.4. The maximum Gasteiger partial charge on any atom is 0.129 e. The molecular formula is C18H32O2. The lowest BCUT2D eigenvalue weighted by molar-refractivity contribution is 0.102. The van der Waals surface area contributed by atoms with Gasteiger partial charge in [-0.15, -0.1) is 0 Å². The zero-order valence-electron chi connectivity index (χ0n) is 13.5. The molecule has 2 heteroatoms. The lowest BCUT2D eigenvalue weighted by Crippen LogP contribution is -1.94. The third-order valence-corrected chi connectivity index (χ3v) is 3.68. The summed E-state index contributed by atoms with van der Waals surface area (Å²) in [6.07, 6.45) is 13.7. The van der Waals surface area contributed by atoms with Crippen molar-refractivity contribution in [1.82, 2.24) is 0 Å². The Morgan fingerprint density at radius 1 is 0.850 bits per heavy atom. The predicted octanol–water partition coefficient (Wildman–Crippen LogP) is 6.03. The van der Waals surface area contributed by atoms with Gasteiger partial charge < -0.3 is 9.15 Å². The molecule has 0 aliphatic heterocycles. The summed E-state index contributed by atoms with van der Waals surface area (Å²) in [7, 11) is 0. The van der Waals surface area contributed by atoms with Gasteiger partial charge in [0, 0.05) is 6.61 Å². The van der Waals surface area contributed by atoms with Crippen molar-refractivity contribution in [3.63, 3.8) is 0 Å². The van der Waals surface area contributed by atoms with Crippen LogP contribution in [-0.2, 0) is 11.3 Å². The Morgan fingerprint density at radius 3 is 2.00 bits per heavy atom. The van der Waals surface area contributed by atoms with Crippen LogP contribution in [0.2, 0.25) is 0 Å². The van der Waals surface area contributed by atoms with Gasteiger partial charge in [0.1, 0.15) is 18.1 Å². The standard InChI is InChI=1S/C18H32O2/c1-3-4-5-6-7-8-9-10-11-12-15-19-16-18-14-13-17(2)20-18/h13-14H,3-12,15-16H2,1-2H3. The largest absolute Gasteiger partial charge is 0.464 e. The summed E-state index contributed by atoms with van der Waals surface area (Å²) in [5.41, 5.74) is 0. The van der Waals surface area contributed by atoms with Crippen molar-refractivity contribution >= 4 is 0 Å². The third kappa shape index (κ3) is 9.19. The minimum atomic E-state index is 0.616. The van der Waals surface area contributed by atoms with Gasteiger partial charge >= 0.3 is 0 Å². The maximum atomic E-state index is 5.61. The second kappa shape index (κ2) is 12.0. The summed E-state index contributed by atoms with van der Waals surface area (Å²) >= 11 is 0. The smallest absolute Gasteiger partial charge is 0.129 e. The van der Waals surface area contributed by atoms with Crippen LogP contribution in [0.4, 0.5) is 0 Å². The van der Waals surface area contributed by atoms with E-state index >= 15 is 0 Å². The highest BCUT2D eigenvalue weighted by atomic mass is 16.5. The van der Waals surface area contributed by atoms with E-state index in [4.69, 9.17) is 9.15 Å². The predicted molar refractivity (Wildman–Crippen MR) is 84.9 cm³/mol. The normalized spacial score (nSPS) is 11.1. The molecular weight excluding hydrogens is 248 g/mol. The quantitative estimate of drug-likeness (QED) is 0.412. The monoisotopic (exact) mass is 280 g/mol. The molecule has 116 valence electrons. The molecule has 0 aliphatic rings. The summed E-state index contributed by atoms with van der Waals surface area (Å²) in [6, 6.07) is 3.98. The molecule has 1 aromatic heterocycles. The van der Waals surface area contributed by atoms with E-state index in [0.717, 1.165) is 18.1 Å². The first-order valence-corrected chi connectivity index (χ1v) is 8.46. The first-order valence-electron chi connectivity index (χ1n) is 8.46. The summed E-state index contributed by atoms with van der Waals surface area (Å²) < 4.78 is 11.1. The molecule has 0 saturated carbocycles. The molecule has 1 rings (SSSR count). The molecule has 0 amide bonds. The summed E-state index contributed by atoms with van der Waals surface area (Å²) in [6.45, 7) is 5.71. The molecule has 2 nitrogen and oxygen atoms in total. The van der Waals surface area contributed by atoms with E-state index in [-0.39, 0.29) is 0 Å². The minimum Gasteiger partial charge on any atom is -0.464 e. The fourth-order valence-electron chi connectivity index (χ4n) is 2.43. The third-order valence-electron chi connectivity index (χ3n) is 3.68. The van der Waals surface area contributed by atoms with Crippen LogP contribution in [0.5, 0.6) is 0 Å². The van der Waals surface area contributed by atoms with Gasteiger partial charge in [-0.3, -0.25) is 0 Å².